The second-order valence-corrected chi connectivity index (χ2v) is 6.35. The summed E-state index contributed by atoms with van der Waals surface area (Å²) in [4.78, 5) is 21.4. The summed E-state index contributed by atoms with van der Waals surface area (Å²) >= 11 is 7.49. The number of nitrogens with one attached hydrogen (secondary N) is 1. The predicted octanol–water partition coefficient (Wildman–Crippen LogP) is 4.28. The van der Waals surface area contributed by atoms with Gasteiger partial charge in [0.1, 0.15) is 28.5 Å². The Kier molecular flexibility index (Phi) is 5.43. The molecule has 1 aromatic carbocycles. The van der Waals surface area contributed by atoms with Gasteiger partial charge in [-0.05, 0) is 6.92 Å². The number of hydrogen-bond donors (Lipinski definition) is 1. The van der Waals surface area contributed by atoms with Gasteiger partial charge in [0.15, 0.2) is 0 Å². The van der Waals surface area contributed by atoms with Crippen LogP contribution in [0.4, 0.5) is 11.5 Å². The molecule has 0 aliphatic heterocycles. The molecule has 136 valence electrons. The molecular weight excluding hydrogens is 378 g/mol. The molecule has 7 nitrogen and oxygen atoms in total. The molecule has 26 heavy (non-hydrogen) atoms. The molecular formula is C17H16ClN3O4S. The van der Waals surface area contributed by atoms with E-state index in [4.69, 9.17) is 25.8 Å². The van der Waals surface area contributed by atoms with E-state index in [1.54, 1.807) is 24.4 Å². The number of fused-ring (bicyclic) bond motifs is 1. The molecule has 3 rings (SSSR count). The van der Waals surface area contributed by atoms with Crippen molar-refractivity contribution in [2.24, 2.45) is 0 Å². The summed E-state index contributed by atoms with van der Waals surface area (Å²) in [7, 11) is 3.06. The summed E-state index contributed by atoms with van der Waals surface area (Å²) < 4.78 is 15.7. The van der Waals surface area contributed by atoms with Gasteiger partial charge >= 0.3 is 5.97 Å². The highest BCUT2D eigenvalue weighted by atomic mass is 35.5. The van der Waals surface area contributed by atoms with Gasteiger partial charge in [-0.15, -0.1) is 11.3 Å². The molecule has 9 heteroatoms. The molecule has 0 atom stereocenters. The zero-order valence-corrected chi connectivity index (χ0v) is 15.9. The van der Waals surface area contributed by atoms with Crippen LogP contribution in [0.5, 0.6) is 11.5 Å². The highest BCUT2D eigenvalue weighted by Crippen LogP contribution is 2.39. The van der Waals surface area contributed by atoms with Gasteiger partial charge in [0.25, 0.3) is 0 Å². The van der Waals surface area contributed by atoms with Crippen LogP contribution in [0.3, 0.4) is 0 Å². The van der Waals surface area contributed by atoms with Gasteiger partial charge in [-0.3, -0.25) is 0 Å². The number of benzene rings is 1. The Hall–Kier alpha value is -2.58. The third-order valence-corrected chi connectivity index (χ3v) is 4.77. The van der Waals surface area contributed by atoms with Crippen molar-refractivity contribution in [3.63, 3.8) is 0 Å². The number of esters is 1. The van der Waals surface area contributed by atoms with Gasteiger partial charge in [0.05, 0.1) is 42.5 Å². The van der Waals surface area contributed by atoms with Crippen LogP contribution in [0.25, 0.3) is 10.2 Å². The largest absolute Gasteiger partial charge is 0.495 e. The Morgan fingerprint density at radius 1 is 1.23 bits per heavy atom. The van der Waals surface area contributed by atoms with Crippen molar-refractivity contribution < 1.29 is 19.0 Å². The molecule has 0 saturated carbocycles. The van der Waals surface area contributed by atoms with Crippen molar-refractivity contribution in [3.05, 3.63) is 34.4 Å². The highest BCUT2D eigenvalue weighted by molar-refractivity contribution is 7.17. The van der Waals surface area contributed by atoms with Gasteiger partial charge in [-0.25, -0.2) is 14.8 Å². The zero-order valence-electron chi connectivity index (χ0n) is 14.3. The van der Waals surface area contributed by atoms with Crippen molar-refractivity contribution in [1.29, 1.82) is 0 Å². The van der Waals surface area contributed by atoms with E-state index in [9.17, 15) is 4.79 Å². The Balaban J connectivity index is 2.09. The van der Waals surface area contributed by atoms with Gasteiger partial charge in [-0.2, -0.15) is 0 Å². The Bertz CT molecular complexity index is 961. The Morgan fingerprint density at radius 3 is 2.69 bits per heavy atom. The first-order valence-corrected chi connectivity index (χ1v) is 8.92. The van der Waals surface area contributed by atoms with Crippen LogP contribution < -0.4 is 14.8 Å². The minimum absolute atomic E-state index is 0.287. The molecule has 0 spiro atoms. The van der Waals surface area contributed by atoms with Crippen molar-refractivity contribution in [2.45, 2.75) is 6.92 Å². The van der Waals surface area contributed by atoms with Crippen molar-refractivity contribution in [1.82, 2.24) is 9.97 Å². The van der Waals surface area contributed by atoms with Gasteiger partial charge in [-0.1, -0.05) is 11.6 Å². The number of aromatic nitrogens is 2. The van der Waals surface area contributed by atoms with E-state index < -0.39 is 5.97 Å². The number of methoxy groups -OCH3 is 2. The minimum Gasteiger partial charge on any atom is -0.495 e. The predicted molar refractivity (Wildman–Crippen MR) is 101 cm³/mol. The van der Waals surface area contributed by atoms with Crippen LogP contribution in [0, 0.1) is 0 Å². The van der Waals surface area contributed by atoms with E-state index in [2.05, 4.69) is 15.3 Å². The average Bonchev–Trinajstić information content (AvgIpc) is 3.08. The lowest BCUT2D eigenvalue weighted by Gasteiger charge is -2.14. The number of hydrogen-bond acceptors (Lipinski definition) is 8. The van der Waals surface area contributed by atoms with E-state index in [-0.39, 0.29) is 6.61 Å². The molecule has 0 saturated heterocycles. The first-order chi connectivity index (χ1) is 12.6. The lowest BCUT2D eigenvalue weighted by atomic mass is 10.2. The monoisotopic (exact) mass is 393 g/mol. The Labute approximate surface area is 158 Å². The molecule has 2 aromatic heterocycles. The fraction of sp³-hybridized carbons (Fsp3) is 0.235. The van der Waals surface area contributed by atoms with Gasteiger partial charge in [0, 0.05) is 17.5 Å². The fourth-order valence-corrected chi connectivity index (χ4v) is 3.52. The summed E-state index contributed by atoms with van der Waals surface area (Å²) in [6, 6.07) is 3.34. The quantitative estimate of drug-likeness (QED) is 0.625. The van der Waals surface area contributed by atoms with Crippen molar-refractivity contribution in [3.8, 4) is 11.5 Å². The molecule has 0 radical (unpaired) electrons. The van der Waals surface area contributed by atoms with Crippen molar-refractivity contribution in [2.75, 3.05) is 26.1 Å². The molecule has 0 unspecified atom stereocenters. The SMILES string of the molecule is CCOC(=O)c1csc2ncnc(Nc3cc(OC)c(Cl)cc3OC)c12. The number of nitrogens with zero attached hydrogens (tertiary/aromatic N) is 2. The van der Waals surface area contributed by atoms with Crippen LogP contribution in [-0.4, -0.2) is 36.8 Å². The van der Waals surface area contributed by atoms with Crippen LogP contribution in [0.2, 0.25) is 5.02 Å². The Morgan fingerprint density at radius 2 is 2.00 bits per heavy atom. The molecule has 0 aliphatic rings. The van der Waals surface area contributed by atoms with E-state index in [1.165, 1.54) is 31.9 Å². The summed E-state index contributed by atoms with van der Waals surface area (Å²) in [5.74, 6) is 1.03. The summed E-state index contributed by atoms with van der Waals surface area (Å²) in [6.07, 6.45) is 1.43. The maximum atomic E-state index is 12.2. The van der Waals surface area contributed by atoms with E-state index in [0.29, 0.717) is 43.8 Å². The van der Waals surface area contributed by atoms with Gasteiger partial charge < -0.3 is 19.5 Å². The first kappa shape index (κ1) is 18.2. The van der Waals surface area contributed by atoms with E-state index >= 15 is 0 Å². The second kappa shape index (κ2) is 7.76. The molecule has 0 aliphatic carbocycles. The molecule has 0 fully saturated rings. The molecule has 3 aromatic rings. The topological polar surface area (TPSA) is 82.6 Å². The summed E-state index contributed by atoms with van der Waals surface area (Å²) in [5.41, 5.74) is 1.00. The van der Waals surface area contributed by atoms with E-state index in [0.717, 1.165) is 0 Å². The highest BCUT2D eigenvalue weighted by Gasteiger charge is 2.19. The number of anilines is 2. The van der Waals surface area contributed by atoms with E-state index in [1.807, 2.05) is 0 Å². The van der Waals surface area contributed by atoms with Crippen LogP contribution in [-0.2, 0) is 4.74 Å². The maximum absolute atomic E-state index is 12.2. The van der Waals surface area contributed by atoms with Crippen LogP contribution in [0.1, 0.15) is 17.3 Å². The smallest absolute Gasteiger partial charge is 0.339 e. The minimum atomic E-state index is -0.419. The number of ether oxygens (including phenoxy) is 3. The average molecular weight is 394 g/mol. The summed E-state index contributed by atoms with van der Waals surface area (Å²) in [6.45, 7) is 2.04. The maximum Gasteiger partial charge on any atom is 0.339 e. The van der Waals surface area contributed by atoms with Crippen molar-refractivity contribution >= 4 is 50.6 Å². The lowest BCUT2D eigenvalue weighted by molar-refractivity contribution is 0.0529. The third-order valence-electron chi connectivity index (χ3n) is 3.59. The van der Waals surface area contributed by atoms with Gasteiger partial charge in [0.2, 0.25) is 0 Å². The standard InChI is InChI=1S/C17H16ClN3O4S/c1-4-25-17(22)9-7-26-16-14(9)15(19-8-20-16)21-11-6-12(23-2)10(18)5-13(11)24-3/h5-8H,4H2,1-3H3,(H,19,20,21). The normalized spacial score (nSPS) is 10.6. The summed E-state index contributed by atoms with van der Waals surface area (Å²) in [5, 5.41) is 5.90. The molecule has 1 N–H and O–H groups in total. The number of carbonyl (C=O) groups excluding carboxylic acids is 1. The van der Waals surface area contributed by atoms with Crippen LogP contribution >= 0.6 is 22.9 Å². The molecule has 2 heterocycles. The molecule has 0 amide bonds. The lowest BCUT2D eigenvalue weighted by Crippen LogP contribution is -2.05. The fourth-order valence-electron chi connectivity index (χ4n) is 2.41. The first-order valence-electron chi connectivity index (χ1n) is 7.66. The number of rotatable bonds is 6. The number of carbonyl (C=O) groups is 1. The van der Waals surface area contributed by atoms with Crippen LogP contribution in [0.15, 0.2) is 23.8 Å². The zero-order chi connectivity index (χ0) is 18.7. The number of thiophene rings is 1. The molecule has 0 bridgehead atoms. The number of halogens is 1. The third kappa shape index (κ3) is 3.38. The second-order valence-electron chi connectivity index (χ2n) is 5.08.